The Hall–Kier alpha value is -2.96. The van der Waals surface area contributed by atoms with Crippen molar-refractivity contribution < 1.29 is 14.4 Å². The van der Waals surface area contributed by atoms with Crippen molar-refractivity contribution in [2.45, 2.75) is 6.92 Å². The number of amides is 3. The molecule has 0 radical (unpaired) electrons. The highest BCUT2D eigenvalue weighted by Gasteiger charge is 2.30. The summed E-state index contributed by atoms with van der Waals surface area (Å²) in [7, 11) is 0. The van der Waals surface area contributed by atoms with E-state index in [0.29, 0.717) is 24.2 Å². The van der Waals surface area contributed by atoms with Crippen LogP contribution in [-0.4, -0.2) is 58.7 Å². The van der Waals surface area contributed by atoms with Crippen LogP contribution >= 0.6 is 0 Å². The first-order chi connectivity index (χ1) is 12.0. The monoisotopic (exact) mass is 340 g/mol. The number of nitrogens with zero attached hydrogens (tertiary/aromatic N) is 3. The highest BCUT2D eigenvalue weighted by atomic mass is 16.2. The molecule has 0 saturated carbocycles. The topological polar surface area (TPSA) is 96.6 Å². The molecule has 0 unspecified atom stereocenters. The normalized spacial score (nSPS) is 18.0. The molecule has 2 heterocycles. The zero-order chi connectivity index (χ0) is 18.0. The Balaban J connectivity index is 1.92. The molecular formula is C18H20N4O3. The number of hydrogen-bond donors (Lipinski definition) is 1. The number of fused-ring (bicyclic) bond motifs is 1. The van der Waals surface area contributed by atoms with Gasteiger partial charge in [0.1, 0.15) is 0 Å². The summed E-state index contributed by atoms with van der Waals surface area (Å²) >= 11 is 0. The number of para-hydroxylation sites is 1. The second-order valence-electron chi connectivity index (χ2n) is 6.20. The van der Waals surface area contributed by atoms with Gasteiger partial charge in [-0.3, -0.25) is 19.4 Å². The first kappa shape index (κ1) is 16.9. The molecule has 1 fully saturated rings. The summed E-state index contributed by atoms with van der Waals surface area (Å²) < 4.78 is 0. The summed E-state index contributed by atoms with van der Waals surface area (Å²) in [6, 6.07) is 9.14. The fraction of sp³-hybridized carbons (Fsp3) is 0.333. The van der Waals surface area contributed by atoms with Gasteiger partial charge in [-0.15, -0.1) is 0 Å². The van der Waals surface area contributed by atoms with Crippen LogP contribution < -0.4 is 5.73 Å². The lowest BCUT2D eigenvalue weighted by molar-refractivity contribution is -0.130. The summed E-state index contributed by atoms with van der Waals surface area (Å²) in [5, 5.41) is 0.875. The largest absolute Gasteiger partial charge is 0.369 e. The number of hydrogen-bond acceptors (Lipinski definition) is 4. The number of pyridine rings is 1. The van der Waals surface area contributed by atoms with E-state index in [0.717, 1.165) is 5.39 Å². The van der Waals surface area contributed by atoms with E-state index in [9.17, 15) is 14.4 Å². The standard InChI is InChI=1S/C18H20N4O3/c1-12(23)21-8-9-22(11-14(10-21)17(19)24)18(25)15-6-2-4-13-5-3-7-20-16(13)15/h2-7,14H,8-11H2,1H3,(H2,19,24)/t14-/m1/s1. The number of rotatable bonds is 2. The van der Waals surface area contributed by atoms with Gasteiger partial charge in [0.2, 0.25) is 11.8 Å². The average Bonchev–Trinajstić information content (AvgIpc) is 2.84. The molecular weight excluding hydrogens is 320 g/mol. The minimum Gasteiger partial charge on any atom is -0.369 e. The third kappa shape index (κ3) is 3.45. The molecule has 1 aromatic heterocycles. The van der Waals surface area contributed by atoms with Gasteiger partial charge in [0.15, 0.2) is 0 Å². The summed E-state index contributed by atoms with van der Waals surface area (Å²) in [5.74, 6) is -1.44. The van der Waals surface area contributed by atoms with Gasteiger partial charge >= 0.3 is 0 Å². The summed E-state index contributed by atoms with van der Waals surface area (Å²) in [6.07, 6.45) is 1.64. The number of primary amides is 1. The third-order valence-corrected chi connectivity index (χ3v) is 4.52. The predicted octanol–water partition coefficient (Wildman–Crippen LogP) is 0.641. The first-order valence-electron chi connectivity index (χ1n) is 8.15. The SMILES string of the molecule is CC(=O)N1CCN(C(=O)c2cccc3cccnc23)C[C@H](C(N)=O)C1. The Morgan fingerprint density at radius 3 is 2.48 bits per heavy atom. The van der Waals surface area contributed by atoms with E-state index in [1.165, 1.54) is 6.92 Å². The number of carbonyl (C=O) groups is 3. The molecule has 1 atom stereocenters. The van der Waals surface area contributed by atoms with Gasteiger partial charge in [-0.05, 0) is 12.1 Å². The van der Waals surface area contributed by atoms with Crippen LogP contribution in [0.25, 0.3) is 10.9 Å². The van der Waals surface area contributed by atoms with Crippen LogP contribution in [0.15, 0.2) is 36.5 Å². The molecule has 130 valence electrons. The lowest BCUT2D eigenvalue weighted by Gasteiger charge is -2.23. The van der Waals surface area contributed by atoms with Crippen molar-refractivity contribution in [1.82, 2.24) is 14.8 Å². The zero-order valence-corrected chi connectivity index (χ0v) is 14.0. The van der Waals surface area contributed by atoms with E-state index in [1.807, 2.05) is 24.3 Å². The quantitative estimate of drug-likeness (QED) is 0.867. The van der Waals surface area contributed by atoms with Gasteiger partial charge in [-0.1, -0.05) is 18.2 Å². The molecule has 3 rings (SSSR count). The van der Waals surface area contributed by atoms with Crippen molar-refractivity contribution >= 4 is 28.6 Å². The molecule has 7 nitrogen and oxygen atoms in total. The van der Waals surface area contributed by atoms with E-state index in [1.54, 1.807) is 22.1 Å². The maximum atomic E-state index is 13.0. The molecule has 25 heavy (non-hydrogen) atoms. The van der Waals surface area contributed by atoms with Crippen molar-refractivity contribution in [3.8, 4) is 0 Å². The Bertz CT molecular complexity index is 831. The number of nitrogens with two attached hydrogens (primary N) is 1. The fourth-order valence-electron chi connectivity index (χ4n) is 3.11. The van der Waals surface area contributed by atoms with E-state index in [-0.39, 0.29) is 24.9 Å². The molecule has 3 amide bonds. The zero-order valence-electron chi connectivity index (χ0n) is 14.0. The number of carbonyl (C=O) groups excluding carboxylic acids is 3. The maximum absolute atomic E-state index is 13.0. The summed E-state index contributed by atoms with van der Waals surface area (Å²) in [4.78, 5) is 43.9. The average molecular weight is 340 g/mol. The van der Waals surface area contributed by atoms with Gasteiger partial charge in [-0.2, -0.15) is 0 Å². The van der Waals surface area contributed by atoms with Crippen LogP contribution in [0, 0.1) is 5.92 Å². The van der Waals surface area contributed by atoms with Gasteiger partial charge in [-0.25, -0.2) is 0 Å². The number of aromatic nitrogens is 1. The molecule has 0 spiro atoms. The van der Waals surface area contributed by atoms with Crippen molar-refractivity contribution in [2.24, 2.45) is 11.7 Å². The predicted molar refractivity (Wildman–Crippen MR) is 92.6 cm³/mol. The number of benzene rings is 1. The van der Waals surface area contributed by atoms with Crippen LogP contribution in [0.5, 0.6) is 0 Å². The summed E-state index contributed by atoms with van der Waals surface area (Å²) in [5.41, 5.74) is 6.57. The molecule has 0 bridgehead atoms. The van der Waals surface area contributed by atoms with Crippen LogP contribution in [-0.2, 0) is 9.59 Å². The van der Waals surface area contributed by atoms with Crippen molar-refractivity contribution in [3.05, 3.63) is 42.1 Å². The summed E-state index contributed by atoms with van der Waals surface area (Å²) in [6.45, 7) is 2.61. The molecule has 1 aliphatic rings. The molecule has 0 aliphatic carbocycles. The molecule has 1 aromatic carbocycles. The van der Waals surface area contributed by atoms with Crippen molar-refractivity contribution in [3.63, 3.8) is 0 Å². The Morgan fingerprint density at radius 1 is 1.08 bits per heavy atom. The minimum absolute atomic E-state index is 0.132. The molecule has 2 N–H and O–H groups in total. The van der Waals surface area contributed by atoms with E-state index in [4.69, 9.17) is 5.73 Å². The van der Waals surface area contributed by atoms with Crippen LogP contribution in [0.3, 0.4) is 0 Å². The van der Waals surface area contributed by atoms with Gasteiger partial charge < -0.3 is 15.5 Å². The Kier molecular flexibility index (Phi) is 4.65. The molecule has 7 heteroatoms. The van der Waals surface area contributed by atoms with Crippen LogP contribution in [0.1, 0.15) is 17.3 Å². The smallest absolute Gasteiger partial charge is 0.256 e. The van der Waals surface area contributed by atoms with Crippen molar-refractivity contribution in [1.29, 1.82) is 0 Å². The third-order valence-electron chi connectivity index (χ3n) is 4.52. The Morgan fingerprint density at radius 2 is 1.76 bits per heavy atom. The van der Waals surface area contributed by atoms with Crippen LogP contribution in [0.4, 0.5) is 0 Å². The second-order valence-corrected chi connectivity index (χ2v) is 6.20. The lowest BCUT2D eigenvalue weighted by atomic mass is 10.1. The van der Waals surface area contributed by atoms with E-state index in [2.05, 4.69) is 4.98 Å². The van der Waals surface area contributed by atoms with E-state index < -0.39 is 11.8 Å². The van der Waals surface area contributed by atoms with Crippen LogP contribution in [0.2, 0.25) is 0 Å². The van der Waals surface area contributed by atoms with Gasteiger partial charge in [0.25, 0.3) is 5.91 Å². The highest BCUT2D eigenvalue weighted by Crippen LogP contribution is 2.19. The minimum atomic E-state index is -0.585. The maximum Gasteiger partial charge on any atom is 0.256 e. The van der Waals surface area contributed by atoms with Gasteiger partial charge in [0, 0.05) is 44.7 Å². The lowest BCUT2D eigenvalue weighted by Crippen LogP contribution is -2.41. The van der Waals surface area contributed by atoms with E-state index >= 15 is 0 Å². The molecule has 2 aromatic rings. The first-order valence-corrected chi connectivity index (χ1v) is 8.15. The van der Waals surface area contributed by atoms with Gasteiger partial charge in [0.05, 0.1) is 17.0 Å². The second kappa shape index (κ2) is 6.88. The molecule has 1 aliphatic heterocycles. The fourth-order valence-corrected chi connectivity index (χ4v) is 3.11. The Labute approximate surface area is 145 Å². The van der Waals surface area contributed by atoms with Crippen molar-refractivity contribution in [2.75, 3.05) is 26.2 Å². The molecule has 1 saturated heterocycles. The highest BCUT2D eigenvalue weighted by molar-refractivity contribution is 6.05.